The lowest BCUT2D eigenvalue weighted by Crippen LogP contribution is -2.28. The van der Waals surface area contributed by atoms with Gasteiger partial charge in [-0.1, -0.05) is 26.0 Å². The first-order valence-corrected chi connectivity index (χ1v) is 9.11. The minimum atomic E-state index is -0.350. The van der Waals surface area contributed by atoms with Crippen molar-refractivity contribution in [2.45, 2.75) is 26.7 Å². The molecule has 1 rings (SSSR count). The third-order valence-corrected chi connectivity index (χ3v) is 4.16. The number of carbonyl (C=O) groups is 1. The molecule has 0 aromatic heterocycles. The summed E-state index contributed by atoms with van der Waals surface area (Å²) in [5.74, 6) is 0.455. The van der Waals surface area contributed by atoms with E-state index >= 15 is 0 Å². The standard InChI is InChI=1S/C20H30N4O2/c1-4-24(5-2)14-6-12-22-16-18(15-21)20(25)23-13-11-17-7-9-19(26-3)10-8-17/h7-10,16,22H,4-6,11-14H2,1-3H3,(H,23,25)/b18-16-. The first-order chi connectivity index (χ1) is 12.6. The Bertz CT molecular complexity index is 601. The van der Waals surface area contributed by atoms with Crippen molar-refractivity contribution in [2.24, 2.45) is 0 Å². The molecular weight excluding hydrogens is 328 g/mol. The van der Waals surface area contributed by atoms with E-state index in [2.05, 4.69) is 29.4 Å². The molecule has 0 fully saturated rings. The SMILES string of the molecule is CCN(CC)CCCN/C=C(/C#N)C(=O)NCCc1ccc(OC)cc1. The lowest BCUT2D eigenvalue weighted by atomic mass is 10.1. The first-order valence-electron chi connectivity index (χ1n) is 9.11. The third kappa shape index (κ3) is 8.04. The van der Waals surface area contributed by atoms with Crippen molar-refractivity contribution in [3.05, 3.63) is 41.6 Å². The fourth-order valence-corrected chi connectivity index (χ4v) is 2.48. The van der Waals surface area contributed by atoms with Crippen LogP contribution in [0.2, 0.25) is 0 Å². The van der Waals surface area contributed by atoms with Gasteiger partial charge in [0.15, 0.2) is 0 Å². The number of methoxy groups -OCH3 is 1. The molecule has 26 heavy (non-hydrogen) atoms. The molecule has 0 saturated carbocycles. The van der Waals surface area contributed by atoms with Gasteiger partial charge >= 0.3 is 0 Å². The van der Waals surface area contributed by atoms with Crippen LogP contribution >= 0.6 is 0 Å². The molecule has 0 atom stereocenters. The van der Waals surface area contributed by atoms with Crippen LogP contribution in [-0.4, -0.2) is 50.6 Å². The van der Waals surface area contributed by atoms with Gasteiger partial charge in [-0.15, -0.1) is 0 Å². The number of hydrogen-bond acceptors (Lipinski definition) is 5. The maximum absolute atomic E-state index is 12.1. The van der Waals surface area contributed by atoms with Gasteiger partial charge in [0.25, 0.3) is 5.91 Å². The summed E-state index contributed by atoms with van der Waals surface area (Å²) in [4.78, 5) is 14.4. The molecule has 2 N–H and O–H groups in total. The summed E-state index contributed by atoms with van der Waals surface area (Å²) >= 11 is 0. The number of nitrogens with one attached hydrogen (secondary N) is 2. The van der Waals surface area contributed by atoms with Gasteiger partial charge in [-0.3, -0.25) is 4.79 Å². The van der Waals surface area contributed by atoms with Gasteiger partial charge in [0.05, 0.1) is 7.11 Å². The lowest BCUT2D eigenvalue weighted by Gasteiger charge is -2.17. The summed E-state index contributed by atoms with van der Waals surface area (Å²) in [6, 6.07) is 9.65. The molecule has 0 saturated heterocycles. The van der Waals surface area contributed by atoms with Crippen LogP contribution in [0, 0.1) is 11.3 Å². The van der Waals surface area contributed by atoms with Crippen molar-refractivity contribution in [3.8, 4) is 11.8 Å². The van der Waals surface area contributed by atoms with Crippen LogP contribution < -0.4 is 15.4 Å². The molecule has 0 unspecified atom stereocenters. The minimum Gasteiger partial charge on any atom is -0.497 e. The van der Waals surface area contributed by atoms with E-state index in [1.165, 1.54) is 6.20 Å². The molecule has 0 aliphatic carbocycles. The summed E-state index contributed by atoms with van der Waals surface area (Å²) < 4.78 is 5.12. The summed E-state index contributed by atoms with van der Waals surface area (Å²) in [5, 5.41) is 15.0. The lowest BCUT2D eigenvalue weighted by molar-refractivity contribution is -0.117. The van der Waals surface area contributed by atoms with Crippen molar-refractivity contribution in [1.29, 1.82) is 5.26 Å². The van der Waals surface area contributed by atoms with Crippen molar-refractivity contribution >= 4 is 5.91 Å². The molecule has 6 nitrogen and oxygen atoms in total. The fraction of sp³-hybridized carbons (Fsp3) is 0.500. The van der Waals surface area contributed by atoms with E-state index in [9.17, 15) is 4.79 Å². The number of amides is 1. The van der Waals surface area contributed by atoms with Gasteiger partial charge in [0.2, 0.25) is 0 Å². The Hall–Kier alpha value is -2.52. The quantitative estimate of drug-likeness (QED) is 0.340. The molecule has 142 valence electrons. The maximum Gasteiger partial charge on any atom is 0.263 e. The van der Waals surface area contributed by atoms with E-state index in [-0.39, 0.29) is 11.5 Å². The Morgan fingerprint density at radius 1 is 1.23 bits per heavy atom. The number of nitrogens with zero attached hydrogens (tertiary/aromatic N) is 2. The van der Waals surface area contributed by atoms with Crippen molar-refractivity contribution < 1.29 is 9.53 Å². The normalized spacial score (nSPS) is 11.1. The number of carbonyl (C=O) groups excluding carboxylic acids is 1. The predicted octanol–water partition coefficient (Wildman–Crippen LogP) is 2.08. The summed E-state index contributed by atoms with van der Waals surface area (Å²) in [5.41, 5.74) is 1.20. The highest BCUT2D eigenvalue weighted by atomic mass is 16.5. The van der Waals surface area contributed by atoms with Gasteiger partial charge in [-0.05, 0) is 50.2 Å². The number of rotatable bonds is 12. The second-order valence-electron chi connectivity index (χ2n) is 5.86. The Labute approximate surface area is 156 Å². The summed E-state index contributed by atoms with van der Waals surface area (Å²) in [6.45, 7) is 8.57. The van der Waals surface area contributed by atoms with E-state index in [1.807, 2.05) is 30.3 Å². The average molecular weight is 358 g/mol. The topological polar surface area (TPSA) is 77.4 Å². The van der Waals surface area contributed by atoms with E-state index < -0.39 is 0 Å². The molecule has 0 bridgehead atoms. The van der Waals surface area contributed by atoms with Gasteiger partial charge in [-0.2, -0.15) is 5.26 Å². The molecule has 0 spiro atoms. The molecule has 0 heterocycles. The van der Waals surface area contributed by atoms with E-state index in [1.54, 1.807) is 7.11 Å². The number of hydrogen-bond donors (Lipinski definition) is 2. The predicted molar refractivity (Wildman–Crippen MR) is 104 cm³/mol. The van der Waals surface area contributed by atoms with E-state index in [0.717, 1.165) is 43.9 Å². The van der Waals surface area contributed by atoms with Gasteiger partial charge in [0, 0.05) is 19.3 Å². The van der Waals surface area contributed by atoms with Gasteiger partial charge in [0.1, 0.15) is 17.4 Å². The molecule has 1 amide bonds. The smallest absolute Gasteiger partial charge is 0.263 e. The second kappa shape index (κ2) is 12.8. The zero-order chi connectivity index (χ0) is 19.2. The molecule has 1 aromatic rings. The van der Waals surface area contributed by atoms with Gasteiger partial charge in [-0.25, -0.2) is 0 Å². The largest absolute Gasteiger partial charge is 0.497 e. The highest BCUT2D eigenvalue weighted by molar-refractivity contribution is 5.97. The average Bonchev–Trinajstić information content (AvgIpc) is 2.68. The fourth-order valence-electron chi connectivity index (χ4n) is 2.48. The number of benzene rings is 1. The highest BCUT2D eigenvalue weighted by Gasteiger charge is 2.08. The molecule has 1 aromatic carbocycles. The Kier molecular flexibility index (Phi) is 10.6. The van der Waals surface area contributed by atoms with Crippen molar-refractivity contribution in [1.82, 2.24) is 15.5 Å². The van der Waals surface area contributed by atoms with Crippen LogP contribution in [0.3, 0.4) is 0 Å². The van der Waals surface area contributed by atoms with E-state index in [0.29, 0.717) is 13.0 Å². The molecule has 6 heteroatoms. The van der Waals surface area contributed by atoms with E-state index in [4.69, 9.17) is 10.00 Å². The Balaban J connectivity index is 2.32. The second-order valence-corrected chi connectivity index (χ2v) is 5.86. The van der Waals surface area contributed by atoms with Crippen LogP contribution in [0.25, 0.3) is 0 Å². The third-order valence-electron chi connectivity index (χ3n) is 4.16. The minimum absolute atomic E-state index is 0.0996. The van der Waals surface area contributed by atoms with Crippen LogP contribution in [0.15, 0.2) is 36.0 Å². The maximum atomic E-state index is 12.1. The molecule has 0 radical (unpaired) electrons. The first kappa shape index (κ1) is 21.5. The molecule has 0 aliphatic rings. The van der Waals surface area contributed by atoms with Crippen molar-refractivity contribution in [3.63, 3.8) is 0 Å². The number of nitriles is 1. The van der Waals surface area contributed by atoms with Crippen LogP contribution in [0.4, 0.5) is 0 Å². The molecule has 0 aliphatic heterocycles. The van der Waals surface area contributed by atoms with Crippen molar-refractivity contribution in [2.75, 3.05) is 39.8 Å². The number of ether oxygens (including phenoxy) is 1. The van der Waals surface area contributed by atoms with Crippen LogP contribution in [-0.2, 0) is 11.2 Å². The summed E-state index contributed by atoms with van der Waals surface area (Å²) in [6.07, 6.45) is 3.17. The molecular formula is C20H30N4O2. The monoisotopic (exact) mass is 358 g/mol. The van der Waals surface area contributed by atoms with Crippen LogP contribution in [0.5, 0.6) is 5.75 Å². The van der Waals surface area contributed by atoms with Gasteiger partial charge < -0.3 is 20.3 Å². The Morgan fingerprint density at radius 2 is 1.92 bits per heavy atom. The zero-order valence-electron chi connectivity index (χ0n) is 16.0. The zero-order valence-corrected chi connectivity index (χ0v) is 16.0. The highest BCUT2D eigenvalue weighted by Crippen LogP contribution is 2.11. The Morgan fingerprint density at radius 3 is 2.50 bits per heavy atom. The van der Waals surface area contributed by atoms with Crippen LogP contribution in [0.1, 0.15) is 25.8 Å². The summed E-state index contributed by atoms with van der Waals surface area (Å²) in [7, 11) is 1.63.